The number of hydrogen-bond donors (Lipinski definition) is 2. The predicted octanol–water partition coefficient (Wildman–Crippen LogP) is 2.51. The number of primary sulfonamides is 1. The van der Waals surface area contributed by atoms with Crippen molar-refractivity contribution in [1.29, 1.82) is 0 Å². The summed E-state index contributed by atoms with van der Waals surface area (Å²) in [6.45, 7) is 3.29. The molecule has 0 aliphatic rings. The number of nitrogens with one attached hydrogen (secondary N) is 1. The summed E-state index contributed by atoms with van der Waals surface area (Å²) in [7, 11) is -3.96. The predicted molar refractivity (Wildman–Crippen MR) is 100 cm³/mol. The lowest BCUT2D eigenvalue weighted by atomic mass is 10.1. The van der Waals surface area contributed by atoms with Gasteiger partial charge < -0.3 is 10.1 Å². The van der Waals surface area contributed by atoms with Crippen LogP contribution in [0.5, 0.6) is 0 Å². The van der Waals surface area contributed by atoms with Gasteiger partial charge in [-0.25, -0.2) is 18.4 Å². The van der Waals surface area contributed by atoms with Gasteiger partial charge in [-0.3, -0.25) is 4.79 Å². The molecule has 7 nitrogen and oxygen atoms in total. The van der Waals surface area contributed by atoms with E-state index in [9.17, 15) is 18.0 Å². The van der Waals surface area contributed by atoms with Gasteiger partial charge in [-0.15, -0.1) is 0 Å². The molecule has 3 N–H and O–H groups in total. The molecule has 0 aliphatic heterocycles. The van der Waals surface area contributed by atoms with Gasteiger partial charge in [0.05, 0.1) is 10.5 Å². The van der Waals surface area contributed by atoms with Crippen molar-refractivity contribution in [1.82, 2.24) is 0 Å². The Bertz CT molecular complexity index is 953. The topological polar surface area (TPSA) is 116 Å². The van der Waals surface area contributed by atoms with Gasteiger partial charge in [-0.05, 0) is 71.2 Å². The molecule has 0 saturated carbocycles. The summed E-state index contributed by atoms with van der Waals surface area (Å²) < 4.78 is 28.1. The van der Waals surface area contributed by atoms with Gasteiger partial charge in [0.25, 0.3) is 5.91 Å². The third-order valence-corrected chi connectivity index (χ3v) is 4.93. The molecule has 0 aromatic heterocycles. The fourth-order valence-electron chi connectivity index (χ4n) is 2.29. The van der Waals surface area contributed by atoms with Gasteiger partial charge in [0, 0.05) is 10.2 Å². The Kier molecular flexibility index (Phi) is 6.17. The second-order valence-electron chi connectivity index (χ2n) is 5.69. The molecule has 138 valence electrons. The van der Waals surface area contributed by atoms with Crippen LogP contribution in [0.25, 0.3) is 0 Å². The molecular formula is C17H17BrN2O5S. The van der Waals surface area contributed by atoms with Crippen molar-refractivity contribution in [3.63, 3.8) is 0 Å². The number of benzene rings is 2. The Balaban J connectivity index is 2.05. The number of amides is 1. The lowest BCUT2D eigenvalue weighted by molar-refractivity contribution is -0.119. The Labute approximate surface area is 159 Å². The van der Waals surface area contributed by atoms with E-state index in [-0.39, 0.29) is 10.5 Å². The maximum absolute atomic E-state index is 12.1. The number of esters is 1. The maximum atomic E-state index is 12.1. The number of aryl methyl sites for hydroxylation is 2. The molecule has 0 atom stereocenters. The molecule has 1 amide bonds. The first-order chi connectivity index (χ1) is 12.1. The first-order valence-corrected chi connectivity index (χ1v) is 9.78. The minimum absolute atomic E-state index is 0.0456. The minimum Gasteiger partial charge on any atom is -0.452 e. The number of sulfonamides is 1. The van der Waals surface area contributed by atoms with Crippen LogP contribution in [0.2, 0.25) is 0 Å². The third kappa shape index (κ3) is 5.38. The average Bonchev–Trinajstić information content (AvgIpc) is 2.51. The van der Waals surface area contributed by atoms with Crippen molar-refractivity contribution in [3.05, 3.63) is 57.6 Å². The van der Waals surface area contributed by atoms with Gasteiger partial charge in [0.15, 0.2) is 6.61 Å². The first-order valence-electron chi connectivity index (χ1n) is 7.44. The van der Waals surface area contributed by atoms with Gasteiger partial charge in [0.1, 0.15) is 0 Å². The number of nitrogens with two attached hydrogens (primary N) is 1. The van der Waals surface area contributed by atoms with E-state index in [2.05, 4.69) is 21.2 Å². The molecule has 2 aromatic carbocycles. The van der Waals surface area contributed by atoms with E-state index in [0.717, 1.165) is 17.2 Å². The number of carbonyl (C=O) groups excluding carboxylic acids is 2. The zero-order valence-electron chi connectivity index (χ0n) is 14.1. The van der Waals surface area contributed by atoms with E-state index in [1.807, 2.05) is 19.9 Å². The van der Waals surface area contributed by atoms with Crippen molar-refractivity contribution in [3.8, 4) is 0 Å². The van der Waals surface area contributed by atoms with E-state index in [1.54, 1.807) is 12.1 Å². The zero-order valence-corrected chi connectivity index (χ0v) is 16.5. The molecule has 0 spiro atoms. The van der Waals surface area contributed by atoms with Gasteiger partial charge in [-0.1, -0.05) is 6.07 Å². The molecule has 0 saturated heterocycles. The first kappa shape index (κ1) is 20.1. The molecular weight excluding hydrogens is 424 g/mol. The number of rotatable bonds is 5. The Morgan fingerprint density at radius 2 is 1.73 bits per heavy atom. The summed E-state index contributed by atoms with van der Waals surface area (Å²) in [4.78, 5) is 23.9. The van der Waals surface area contributed by atoms with Crippen LogP contribution in [0.3, 0.4) is 0 Å². The van der Waals surface area contributed by atoms with Gasteiger partial charge in [0.2, 0.25) is 10.0 Å². The van der Waals surface area contributed by atoms with Crippen LogP contribution >= 0.6 is 15.9 Å². The molecule has 2 aromatic rings. The fourth-order valence-corrected chi connectivity index (χ4v) is 3.24. The van der Waals surface area contributed by atoms with Crippen molar-refractivity contribution in [2.45, 2.75) is 18.7 Å². The zero-order chi connectivity index (χ0) is 19.5. The summed E-state index contributed by atoms with van der Waals surface area (Å²) >= 11 is 3.14. The minimum atomic E-state index is -3.96. The van der Waals surface area contributed by atoms with Crippen LogP contribution in [0.15, 0.2) is 45.8 Å². The Morgan fingerprint density at radius 3 is 2.31 bits per heavy atom. The normalized spacial score (nSPS) is 11.1. The molecule has 0 aliphatic carbocycles. The van der Waals surface area contributed by atoms with Crippen LogP contribution in [0.4, 0.5) is 5.69 Å². The van der Waals surface area contributed by atoms with Gasteiger partial charge >= 0.3 is 5.97 Å². The van der Waals surface area contributed by atoms with Crippen molar-refractivity contribution in [2.75, 3.05) is 11.9 Å². The van der Waals surface area contributed by atoms with Crippen LogP contribution < -0.4 is 10.5 Å². The van der Waals surface area contributed by atoms with Crippen LogP contribution in [0, 0.1) is 13.8 Å². The standard InChI is InChI=1S/C17H17BrN2O5S/c1-10-5-11(2)7-12(6-10)20-16(21)9-25-17(22)14-8-13(26(19,23)24)3-4-15(14)18/h3-8H,9H2,1-2H3,(H,20,21)(H2,19,23,24). The number of carbonyl (C=O) groups is 2. The third-order valence-electron chi connectivity index (χ3n) is 3.33. The van der Waals surface area contributed by atoms with Crippen molar-refractivity contribution >= 4 is 43.5 Å². The lowest BCUT2D eigenvalue weighted by Crippen LogP contribution is -2.21. The van der Waals surface area contributed by atoms with E-state index in [4.69, 9.17) is 9.88 Å². The highest BCUT2D eigenvalue weighted by molar-refractivity contribution is 9.10. The average molecular weight is 441 g/mol. The van der Waals surface area contributed by atoms with E-state index < -0.39 is 28.5 Å². The second-order valence-corrected chi connectivity index (χ2v) is 8.10. The summed E-state index contributed by atoms with van der Waals surface area (Å²) in [5, 5.41) is 7.69. The molecule has 2 rings (SSSR count). The number of hydrogen-bond acceptors (Lipinski definition) is 5. The smallest absolute Gasteiger partial charge is 0.339 e. The molecule has 0 bridgehead atoms. The van der Waals surface area contributed by atoms with E-state index in [1.165, 1.54) is 12.1 Å². The molecule has 0 fully saturated rings. The number of anilines is 1. The molecule has 0 unspecified atom stereocenters. The quantitative estimate of drug-likeness (QED) is 0.692. The van der Waals surface area contributed by atoms with Crippen molar-refractivity contribution in [2.24, 2.45) is 5.14 Å². The molecule has 9 heteroatoms. The van der Waals surface area contributed by atoms with Crippen LogP contribution in [0.1, 0.15) is 21.5 Å². The largest absolute Gasteiger partial charge is 0.452 e. The lowest BCUT2D eigenvalue weighted by Gasteiger charge is -2.09. The van der Waals surface area contributed by atoms with Crippen molar-refractivity contribution < 1.29 is 22.7 Å². The van der Waals surface area contributed by atoms with Crippen LogP contribution in [-0.4, -0.2) is 26.9 Å². The fraction of sp³-hybridized carbons (Fsp3) is 0.176. The summed E-state index contributed by atoms with van der Waals surface area (Å²) in [5.74, 6) is -1.36. The van der Waals surface area contributed by atoms with Gasteiger partial charge in [-0.2, -0.15) is 0 Å². The highest BCUT2D eigenvalue weighted by Gasteiger charge is 2.18. The highest BCUT2D eigenvalue weighted by atomic mass is 79.9. The maximum Gasteiger partial charge on any atom is 0.339 e. The summed E-state index contributed by atoms with van der Waals surface area (Å²) in [6.07, 6.45) is 0. The highest BCUT2D eigenvalue weighted by Crippen LogP contribution is 2.21. The van der Waals surface area contributed by atoms with Crippen LogP contribution in [-0.2, 0) is 19.6 Å². The number of halogens is 1. The SMILES string of the molecule is Cc1cc(C)cc(NC(=O)COC(=O)c2cc(S(N)(=O)=O)ccc2Br)c1. The Hall–Kier alpha value is -2.23. The molecule has 26 heavy (non-hydrogen) atoms. The Morgan fingerprint density at radius 1 is 1.12 bits per heavy atom. The number of ether oxygens (including phenoxy) is 1. The summed E-state index contributed by atoms with van der Waals surface area (Å²) in [6, 6.07) is 9.25. The molecule has 0 heterocycles. The van der Waals surface area contributed by atoms with E-state index in [0.29, 0.717) is 10.2 Å². The van der Waals surface area contributed by atoms with E-state index >= 15 is 0 Å². The second kappa shape index (κ2) is 7.98. The monoisotopic (exact) mass is 440 g/mol. The molecule has 0 radical (unpaired) electrons. The summed E-state index contributed by atoms with van der Waals surface area (Å²) in [5.41, 5.74) is 2.53.